The van der Waals surface area contributed by atoms with Gasteiger partial charge in [-0.05, 0) is 74.5 Å². The average Bonchev–Trinajstić information content (AvgIpc) is 4.04. The van der Waals surface area contributed by atoms with Crippen LogP contribution in [0.2, 0.25) is 5.02 Å². The molecule has 5 aromatic rings. The van der Waals surface area contributed by atoms with Crippen molar-refractivity contribution in [2.75, 3.05) is 84.7 Å². The van der Waals surface area contributed by atoms with E-state index in [4.69, 9.17) is 30.8 Å². The third-order valence-corrected chi connectivity index (χ3v) is 14.8. The second-order valence-corrected chi connectivity index (χ2v) is 21.4. The summed E-state index contributed by atoms with van der Waals surface area (Å²) < 4.78 is 48.1. The molecule has 0 aliphatic carbocycles. The van der Waals surface area contributed by atoms with Crippen molar-refractivity contribution < 1.29 is 52.4 Å². The van der Waals surface area contributed by atoms with E-state index in [2.05, 4.69) is 31.2 Å². The first-order chi connectivity index (χ1) is 36.3. The molecule has 2 fully saturated rings. The van der Waals surface area contributed by atoms with E-state index in [0.717, 1.165) is 53.7 Å². The lowest BCUT2D eigenvalue weighted by atomic mass is 9.85. The first kappa shape index (κ1) is 57.8. The summed E-state index contributed by atoms with van der Waals surface area (Å²) >= 11 is 8.12. The van der Waals surface area contributed by atoms with Crippen molar-refractivity contribution in [2.45, 2.75) is 90.4 Å². The maximum Gasteiger partial charge on any atom is 0.246 e. The summed E-state index contributed by atoms with van der Waals surface area (Å²) in [4.78, 5) is 71.3. The van der Waals surface area contributed by atoms with Crippen LogP contribution >= 0.6 is 22.9 Å². The van der Waals surface area contributed by atoms with Crippen molar-refractivity contribution in [1.82, 2.24) is 40.7 Å². The number of carbonyl (C=O) groups excluding carboxylic acids is 4. The molecule has 18 nitrogen and oxygen atoms in total. The summed E-state index contributed by atoms with van der Waals surface area (Å²) in [5.74, 6) is -3.73. The fourth-order valence-electron chi connectivity index (χ4n) is 9.31. The zero-order chi connectivity index (χ0) is 54.7. The number of hydrogen-bond acceptors (Lipinski definition) is 15. The van der Waals surface area contributed by atoms with E-state index in [1.807, 2.05) is 38.1 Å². The predicted molar refractivity (Wildman–Crippen MR) is 286 cm³/mol. The van der Waals surface area contributed by atoms with Crippen LogP contribution in [0.3, 0.4) is 0 Å². The van der Waals surface area contributed by atoms with Gasteiger partial charge in [-0.3, -0.25) is 19.2 Å². The normalized spacial score (nSPS) is 16.9. The van der Waals surface area contributed by atoms with Crippen molar-refractivity contribution in [2.24, 2.45) is 5.41 Å². The van der Waals surface area contributed by atoms with Crippen LogP contribution in [0.5, 0.6) is 5.75 Å². The number of amides is 4. The zero-order valence-electron chi connectivity index (χ0n) is 43.7. The molecule has 2 aromatic heterocycles. The van der Waals surface area contributed by atoms with Crippen molar-refractivity contribution in [3.05, 3.63) is 87.6 Å². The second-order valence-electron chi connectivity index (χ2n) is 20.2. The van der Waals surface area contributed by atoms with Crippen LogP contribution in [-0.4, -0.2) is 156 Å². The summed E-state index contributed by atoms with van der Waals surface area (Å²) in [7, 11) is 1.65. The van der Waals surface area contributed by atoms with Gasteiger partial charge in [0.25, 0.3) is 0 Å². The largest absolute Gasteiger partial charge is 0.507 e. The Labute approximate surface area is 450 Å². The molecular weight excluding hydrogens is 1020 g/mol. The van der Waals surface area contributed by atoms with Crippen LogP contribution in [0, 0.1) is 24.0 Å². The molecule has 2 aliphatic rings. The molecule has 0 radical (unpaired) electrons. The van der Waals surface area contributed by atoms with Gasteiger partial charge in [0.1, 0.15) is 35.8 Å². The number of aliphatic hydroxyl groups excluding tert-OH is 1. The summed E-state index contributed by atoms with van der Waals surface area (Å²) in [6.07, 6.45) is 0.703. The Kier molecular flexibility index (Phi) is 20.1. The van der Waals surface area contributed by atoms with Crippen LogP contribution in [0.1, 0.15) is 82.3 Å². The molecule has 0 bridgehead atoms. The van der Waals surface area contributed by atoms with Gasteiger partial charge in [-0.15, -0.1) is 11.3 Å². The third kappa shape index (κ3) is 14.5. The van der Waals surface area contributed by atoms with Gasteiger partial charge < -0.3 is 55.5 Å². The van der Waals surface area contributed by atoms with Crippen LogP contribution < -0.4 is 21.3 Å². The summed E-state index contributed by atoms with van der Waals surface area (Å²) in [5, 5.41) is 33.6. The van der Waals surface area contributed by atoms with Crippen LogP contribution in [0.15, 0.2) is 54.0 Å². The maximum atomic E-state index is 16.4. The third-order valence-electron chi connectivity index (χ3n) is 13.5. The van der Waals surface area contributed by atoms with Gasteiger partial charge >= 0.3 is 0 Å². The van der Waals surface area contributed by atoms with Crippen LogP contribution in [0.4, 0.5) is 14.7 Å². The Balaban J connectivity index is 0.796. The molecule has 0 unspecified atom stereocenters. The van der Waals surface area contributed by atoms with E-state index in [1.54, 1.807) is 44.7 Å². The fraction of sp³-hybridized carbons (Fsp3) is 0.500. The Hall–Kier alpha value is -5.94. The molecule has 2 saturated heterocycles. The molecule has 2 aliphatic heterocycles. The summed E-state index contributed by atoms with van der Waals surface area (Å²) in [5.41, 5.74) is 3.74. The molecule has 7 rings (SSSR count). The number of aromatic nitrogens is 3. The van der Waals surface area contributed by atoms with Gasteiger partial charge in [0, 0.05) is 56.4 Å². The highest BCUT2D eigenvalue weighted by Gasteiger charge is 2.45. The average molecular weight is 1090 g/mol. The highest BCUT2D eigenvalue weighted by Crippen LogP contribution is 2.43. The number of ether oxygens (including phenoxy) is 3. The number of likely N-dealkylation sites (N-methyl/N-ethyl adjacent to an activating group) is 1. The second kappa shape index (κ2) is 26.4. The van der Waals surface area contributed by atoms with Gasteiger partial charge in [0.2, 0.25) is 29.6 Å². The van der Waals surface area contributed by atoms with E-state index in [9.17, 15) is 33.8 Å². The van der Waals surface area contributed by atoms with Gasteiger partial charge in [-0.25, -0.2) is 23.7 Å². The summed E-state index contributed by atoms with van der Waals surface area (Å²) in [6, 6.07) is 10.7. The van der Waals surface area contributed by atoms with Gasteiger partial charge in [0.15, 0.2) is 5.82 Å². The molecule has 3 aromatic carbocycles. The van der Waals surface area contributed by atoms with Gasteiger partial charge in [-0.2, -0.15) is 0 Å². The number of likely N-dealkylation sites (tertiary alicyclic amines) is 1. The van der Waals surface area contributed by atoms with E-state index in [-0.39, 0.29) is 111 Å². The smallest absolute Gasteiger partial charge is 0.246 e. The molecule has 4 amide bonds. The van der Waals surface area contributed by atoms with Gasteiger partial charge in [-0.1, -0.05) is 62.7 Å². The number of phenolic OH excluding ortho intramolecular Hbond substituents is 1. The molecule has 410 valence electrons. The SMILES string of the molecule is Cc1ncsc1-c1ccc([C@H](C)NC(=O)[C@@H]2C[C@@H](O)CN2C(=O)[C@@H](NC(=O)COCCOCCOCCN(C)C(=O)CCNc2nc(C3CCNCC3)c3cc(Cl)c(-c4c(O)cccc4F)c(F)c3n2)C(C)(C)C)cc1. The number of hydrogen-bond donors (Lipinski definition) is 6. The number of piperidine rings is 1. The van der Waals surface area contributed by atoms with Crippen molar-refractivity contribution in [1.29, 1.82) is 0 Å². The molecule has 6 N–H and O–H groups in total. The number of β-amino-alcohol motifs (C(OH)–C–C–N with tert-alkyl or cyclic N) is 1. The first-order valence-electron chi connectivity index (χ1n) is 25.5. The number of carbonyl (C=O) groups is 4. The number of aliphatic hydroxyl groups is 1. The molecule has 22 heteroatoms. The van der Waals surface area contributed by atoms with Gasteiger partial charge in [0.05, 0.1) is 77.5 Å². The number of anilines is 1. The number of aryl methyl sites for hydroxylation is 1. The van der Waals surface area contributed by atoms with Crippen LogP contribution in [-0.2, 0) is 33.4 Å². The van der Waals surface area contributed by atoms with E-state index in [0.29, 0.717) is 17.6 Å². The van der Waals surface area contributed by atoms with E-state index >= 15 is 4.39 Å². The number of rotatable bonds is 23. The minimum atomic E-state index is -1.01. The molecular formula is C54H68ClF2N9O9S. The van der Waals surface area contributed by atoms with Crippen molar-refractivity contribution in [3.63, 3.8) is 0 Å². The molecule has 76 heavy (non-hydrogen) atoms. The van der Waals surface area contributed by atoms with E-state index < -0.39 is 58.7 Å². The first-order valence-corrected chi connectivity index (χ1v) is 26.8. The number of nitrogens with one attached hydrogen (secondary N) is 4. The quantitative estimate of drug-likeness (QED) is 0.0383. The Bertz CT molecular complexity index is 2810. The fourth-order valence-corrected chi connectivity index (χ4v) is 10.4. The topological polar surface area (TPSA) is 230 Å². The number of nitrogens with zero attached hydrogens (tertiary/aromatic N) is 5. The summed E-state index contributed by atoms with van der Waals surface area (Å²) in [6.45, 7) is 11.7. The lowest BCUT2D eigenvalue weighted by Gasteiger charge is -2.35. The number of aromatic hydroxyl groups is 1. The highest BCUT2D eigenvalue weighted by molar-refractivity contribution is 7.13. The predicted octanol–water partition coefficient (Wildman–Crippen LogP) is 6.51. The minimum absolute atomic E-state index is 0.0327. The monoisotopic (exact) mass is 1090 g/mol. The van der Waals surface area contributed by atoms with E-state index in [1.165, 1.54) is 28.0 Å². The van der Waals surface area contributed by atoms with Crippen LogP contribution in [0.25, 0.3) is 32.5 Å². The number of benzene rings is 3. The molecule has 4 atom stereocenters. The number of fused-ring (bicyclic) bond motifs is 1. The molecule has 0 spiro atoms. The Morgan fingerprint density at radius 1 is 0.974 bits per heavy atom. The van der Waals surface area contributed by atoms with Crippen molar-refractivity contribution >= 4 is 63.4 Å². The highest BCUT2D eigenvalue weighted by atomic mass is 35.5. The Morgan fingerprint density at radius 2 is 1.67 bits per heavy atom. The molecule has 4 heterocycles. The standard InChI is InChI=1S/C54H68ClF2N9O9S/c1-31(33-10-12-35(13-11-33)49-32(2)60-30-76-49)61-51(71)40-26-36(67)28-66(40)52(72)50(54(3,4)5)62-42(69)29-75-25-24-74-23-22-73-21-20-65(6)43(70)16-19-59-53-63-47(34-14-17-58-18-15-34)37-27-38(55)44(46(57)48(37)64-53)45-39(56)8-7-9-41(45)68/h7-13,27,30-31,34,36,40,50,58,67-68H,14-26,28-29H2,1-6H3,(H,61,71)(H,62,69)(H,59,63,64)/t31-,36+,40-,50+/m0/s1. The molecule has 0 saturated carbocycles. The number of thiazole rings is 1. The maximum absolute atomic E-state index is 16.4. The lowest BCUT2D eigenvalue weighted by molar-refractivity contribution is -0.144. The lowest BCUT2D eigenvalue weighted by Crippen LogP contribution is -2.58. The minimum Gasteiger partial charge on any atom is -0.507 e. The number of halogens is 3. The Morgan fingerprint density at radius 3 is 2.34 bits per heavy atom. The number of phenols is 1. The zero-order valence-corrected chi connectivity index (χ0v) is 45.3. The van der Waals surface area contributed by atoms with Crippen molar-refractivity contribution in [3.8, 4) is 27.3 Å².